The number of carbonyl (C=O) groups is 1. The Morgan fingerprint density at radius 3 is 2.76 bits per heavy atom. The van der Waals surface area contributed by atoms with Crippen molar-refractivity contribution in [1.29, 1.82) is 0 Å². The van der Waals surface area contributed by atoms with Crippen molar-refractivity contribution >= 4 is 23.4 Å². The minimum atomic E-state index is -0.285. The van der Waals surface area contributed by atoms with E-state index in [1.807, 2.05) is 56.7 Å². The fourth-order valence-corrected chi connectivity index (χ4v) is 3.28. The first-order chi connectivity index (χ1) is 13.8. The van der Waals surface area contributed by atoms with E-state index in [1.54, 1.807) is 0 Å². The topological polar surface area (TPSA) is 114 Å². The van der Waals surface area contributed by atoms with Gasteiger partial charge in [-0.1, -0.05) is 5.16 Å². The summed E-state index contributed by atoms with van der Waals surface area (Å²) in [7, 11) is 1.86. The van der Waals surface area contributed by atoms with Gasteiger partial charge in [-0.05, 0) is 27.7 Å². The van der Waals surface area contributed by atoms with Gasteiger partial charge in [0, 0.05) is 30.9 Å². The maximum Gasteiger partial charge on any atom is 0.246 e. The molecule has 0 saturated carbocycles. The van der Waals surface area contributed by atoms with E-state index in [9.17, 15) is 4.79 Å². The quantitative estimate of drug-likeness (QED) is 0.673. The molecule has 0 spiro atoms. The van der Waals surface area contributed by atoms with Crippen LogP contribution in [0.3, 0.4) is 0 Å². The standard InChI is InChI=1S/C19H24N8O2/c1-10-15(13(4)29-25-10)9-27-8-14(7-21-27)6-20-19-22-11(2)16-17(24-19)26(5)12(3)18(28)23-16/h7-8,12H,6,9H2,1-5H3,(H,23,28)(H,20,22,24)/t12-/m0/s1. The Hall–Kier alpha value is -3.43. The molecular weight excluding hydrogens is 372 g/mol. The highest BCUT2D eigenvalue weighted by Crippen LogP contribution is 2.32. The average molecular weight is 396 g/mol. The summed E-state index contributed by atoms with van der Waals surface area (Å²) in [5.74, 6) is 1.97. The third kappa shape index (κ3) is 3.53. The fourth-order valence-electron chi connectivity index (χ4n) is 3.28. The summed E-state index contributed by atoms with van der Waals surface area (Å²) < 4.78 is 7.06. The molecule has 0 unspecified atom stereocenters. The zero-order chi connectivity index (χ0) is 20.7. The largest absolute Gasteiger partial charge is 0.361 e. The summed E-state index contributed by atoms with van der Waals surface area (Å²) in [6.07, 6.45) is 3.78. The van der Waals surface area contributed by atoms with Crippen LogP contribution < -0.4 is 15.5 Å². The van der Waals surface area contributed by atoms with Crippen LogP contribution in [0.25, 0.3) is 0 Å². The van der Waals surface area contributed by atoms with Gasteiger partial charge in [0.2, 0.25) is 11.9 Å². The van der Waals surface area contributed by atoms with Crippen LogP contribution in [0.2, 0.25) is 0 Å². The van der Waals surface area contributed by atoms with Crippen LogP contribution >= 0.6 is 0 Å². The van der Waals surface area contributed by atoms with Gasteiger partial charge in [-0.15, -0.1) is 0 Å². The minimum Gasteiger partial charge on any atom is -0.361 e. The molecule has 0 aliphatic carbocycles. The van der Waals surface area contributed by atoms with Gasteiger partial charge in [-0.3, -0.25) is 9.48 Å². The Kier molecular flexibility index (Phi) is 4.69. The number of likely N-dealkylation sites (N-methyl/N-ethyl adjacent to an activating group) is 1. The van der Waals surface area contributed by atoms with Crippen LogP contribution in [0.15, 0.2) is 16.9 Å². The maximum absolute atomic E-state index is 12.0. The van der Waals surface area contributed by atoms with E-state index < -0.39 is 0 Å². The summed E-state index contributed by atoms with van der Waals surface area (Å²) in [5.41, 5.74) is 4.31. The lowest BCUT2D eigenvalue weighted by Crippen LogP contribution is -2.44. The van der Waals surface area contributed by atoms with E-state index >= 15 is 0 Å². The molecule has 4 heterocycles. The molecule has 4 rings (SSSR count). The van der Waals surface area contributed by atoms with Gasteiger partial charge in [0.25, 0.3) is 0 Å². The third-order valence-corrected chi connectivity index (χ3v) is 5.25. The highest BCUT2D eigenvalue weighted by atomic mass is 16.5. The Bertz CT molecular complexity index is 1050. The van der Waals surface area contributed by atoms with Gasteiger partial charge in [-0.25, -0.2) is 4.98 Å². The SMILES string of the molecule is Cc1noc(C)c1Cn1cc(CNc2nc(C)c3c(n2)N(C)[C@@H](C)C(=O)N3)cn1. The molecule has 3 aromatic heterocycles. The number of hydrogen-bond acceptors (Lipinski definition) is 8. The number of fused-ring (bicyclic) bond motifs is 1. The third-order valence-electron chi connectivity index (χ3n) is 5.25. The monoisotopic (exact) mass is 396 g/mol. The van der Waals surface area contributed by atoms with Gasteiger partial charge in [-0.2, -0.15) is 10.1 Å². The van der Waals surface area contributed by atoms with Crippen LogP contribution in [0, 0.1) is 20.8 Å². The number of carbonyl (C=O) groups excluding carboxylic acids is 1. The minimum absolute atomic E-state index is 0.0573. The summed E-state index contributed by atoms with van der Waals surface area (Å²) >= 11 is 0. The summed E-state index contributed by atoms with van der Waals surface area (Å²) in [5, 5.41) is 14.5. The van der Waals surface area contributed by atoms with Crippen molar-refractivity contribution in [2.24, 2.45) is 0 Å². The highest BCUT2D eigenvalue weighted by molar-refractivity contribution is 6.03. The van der Waals surface area contributed by atoms with E-state index in [-0.39, 0.29) is 11.9 Å². The number of anilines is 3. The molecule has 0 saturated heterocycles. The molecule has 1 aliphatic heterocycles. The number of hydrogen-bond donors (Lipinski definition) is 2. The Labute approximate surface area is 168 Å². The van der Waals surface area contributed by atoms with Gasteiger partial charge in [0.05, 0.1) is 24.1 Å². The van der Waals surface area contributed by atoms with Crippen LogP contribution in [0.1, 0.15) is 35.2 Å². The zero-order valence-corrected chi connectivity index (χ0v) is 17.1. The highest BCUT2D eigenvalue weighted by Gasteiger charge is 2.30. The van der Waals surface area contributed by atoms with E-state index in [1.165, 1.54) is 0 Å². The van der Waals surface area contributed by atoms with Crippen LogP contribution in [0.5, 0.6) is 0 Å². The molecular formula is C19H24N8O2. The first kappa shape index (κ1) is 18.9. The normalized spacial score (nSPS) is 16.0. The molecule has 152 valence electrons. The molecule has 0 radical (unpaired) electrons. The van der Waals surface area contributed by atoms with E-state index in [0.29, 0.717) is 30.5 Å². The first-order valence-electron chi connectivity index (χ1n) is 9.42. The lowest BCUT2D eigenvalue weighted by atomic mass is 10.2. The molecule has 0 bridgehead atoms. The second kappa shape index (κ2) is 7.19. The predicted octanol–water partition coefficient (Wildman–Crippen LogP) is 2.02. The lowest BCUT2D eigenvalue weighted by molar-refractivity contribution is -0.117. The second-order valence-corrected chi connectivity index (χ2v) is 7.31. The van der Waals surface area contributed by atoms with Gasteiger partial charge in [0.1, 0.15) is 17.5 Å². The average Bonchev–Trinajstić information content (AvgIpc) is 3.27. The van der Waals surface area contributed by atoms with Crippen LogP contribution in [-0.2, 0) is 17.9 Å². The molecule has 1 aliphatic rings. The second-order valence-electron chi connectivity index (χ2n) is 7.31. The number of nitrogens with one attached hydrogen (secondary N) is 2. The van der Waals surface area contributed by atoms with Crippen LogP contribution in [-0.4, -0.2) is 43.9 Å². The summed E-state index contributed by atoms with van der Waals surface area (Å²) in [6, 6.07) is -0.285. The molecule has 3 aromatic rings. The van der Waals surface area contributed by atoms with E-state index in [2.05, 4.69) is 30.9 Å². The Balaban J connectivity index is 1.47. The lowest BCUT2D eigenvalue weighted by Gasteiger charge is -2.32. The zero-order valence-electron chi connectivity index (χ0n) is 17.1. The number of aromatic nitrogens is 5. The predicted molar refractivity (Wildman–Crippen MR) is 108 cm³/mol. The fraction of sp³-hybridized carbons (Fsp3) is 0.421. The van der Waals surface area contributed by atoms with E-state index in [0.717, 1.165) is 28.3 Å². The van der Waals surface area contributed by atoms with Gasteiger partial charge < -0.3 is 20.1 Å². The number of rotatable bonds is 5. The maximum atomic E-state index is 12.0. The first-order valence-corrected chi connectivity index (χ1v) is 9.42. The van der Waals surface area contributed by atoms with Crippen molar-refractivity contribution in [2.75, 3.05) is 22.6 Å². The van der Waals surface area contributed by atoms with Crippen molar-refractivity contribution in [3.63, 3.8) is 0 Å². The summed E-state index contributed by atoms with van der Waals surface area (Å²) in [4.78, 5) is 22.9. The molecule has 29 heavy (non-hydrogen) atoms. The number of aryl methyl sites for hydroxylation is 3. The van der Waals surface area contributed by atoms with Gasteiger partial charge in [0.15, 0.2) is 5.82 Å². The molecule has 2 N–H and O–H groups in total. The van der Waals surface area contributed by atoms with Crippen molar-refractivity contribution in [3.05, 3.63) is 40.7 Å². The van der Waals surface area contributed by atoms with Gasteiger partial charge >= 0.3 is 0 Å². The molecule has 10 heteroatoms. The van der Waals surface area contributed by atoms with Crippen molar-refractivity contribution in [2.45, 2.75) is 46.8 Å². The van der Waals surface area contributed by atoms with Crippen molar-refractivity contribution in [1.82, 2.24) is 24.9 Å². The molecule has 1 atom stereocenters. The molecule has 1 amide bonds. The number of amides is 1. The number of nitrogens with zero attached hydrogens (tertiary/aromatic N) is 6. The molecule has 10 nitrogen and oxygen atoms in total. The van der Waals surface area contributed by atoms with Crippen molar-refractivity contribution < 1.29 is 9.32 Å². The van der Waals surface area contributed by atoms with E-state index in [4.69, 9.17) is 4.52 Å². The Morgan fingerprint density at radius 1 is 1.24 bits per heavy atom. The van der Waals surface area contributed by atoms with Crippen molar-refractivity contribution in [3.8, 4) is 0 Å². The molecule has 0 aromatic carbocycles. The Morgan fingerprint density at radius 2 is 2.03 bits per heavy atom. The molecule has 0 fully saturated rings. The summed E-state index contributed by atoms with van der Waals surface area (Å²) in [6.45, 7) is 8.67. The van der Waals surface area contributed by atoms with Crippen LogP contribution in [0.4, 0.5) is 17.5 Å². The smallest absolute Gasteiger partial charge is 0.246 e.